The van der Waals surface area contributed by atoms with Crippen molar-refractivity contribution in [3.05, 3.63) is 42.1 Å². The molecule has 1 spiro atoms. The van der Waals surface area contributed by atoms with Crippen LogP contribution in [0, 0.1) is 0 Å². The van der Waals surface area contributed by atoms with Crippen molar-refractivity contribution in [2.24, 2.45) is 7.05 Å². The Morgan fingerprint density at radius 1 is 1.42 bits per heavy atom. The van der Waals surface area contributed by atoms with Crippen molar-refractivity contribution in [1.82, 2.24) is 20.0 Å². The van der Waals surface area contributed by atoms with Crippen molar-refractivity contribution in [3.8, 4) is 0 Å². The predicted octanol–water partition coefficient (Wildman–Crippen LogP) is 1.29. The van der Waals surface area contributed by atoms with Crippen LogP contribution in [0.3, 0.4) is 0 Å². The fourth-order valence-electron chi connectivity index (χ4n) is 3.80. The van der Waals surface area contributed by atoms with Crippen molar-refractivity contribution < 1.29 is 14.0 Å². The number of amides is 2. The zero-order valence-corrected chi connectivity index (χ0v) is 13.6. The van der Waals surface area contributed by atoms with E-state index in [4.69, 9.17) is 4.42 Å². The van der Waals surface area contributed by atoms with Crippen LogP contribution >= 0.6 is 0 Å². The normalized spacial score (nSPS) is 22.8. The minimum Gasteiger partial charge on any atom is -0.459 e. The first kappa shape index (κ1) is 15.0. The molecule has 2 aromatic heterocycles. The van der Waals surface area contributed by atoms with Crippen molar-refractivity contribution in [2.75, 3.05) is 13.1 Å². The first-order valence-corrected chi connectivity index (χ1v) is 8.20. The Hall–Kier alpha value is -2.57. The van der Waals surface area contributed by atoms with Crippen LogP contribution in [0.1, 0.15) is 41.3 Å². The van der Waals surface area contributed by atoms with E-state index in [1.807, 2.05) is 13.2 Å². The van der Waals surface area contributed by atoms with E-state index in [-0.39, 0.29) is 23.3 Å². The van der Waals surface area contributed by atoms with Gasteiger partial charge in [-0.25, -0.2) is 0 Å². The summed E-state index contributed by atoms with van der Waals surface area (Å²) < 4.78 is 6.91. The summed E-state index contributed by atoms with van der Waals surface area (Å²) in [6.45, 7) is 1.25. The average Bonchev–Trinajstić information content (AvgIpc) is 3.29. The van der Waals surface area contributed by atoms with Gasteiger partial charge in [0.1, 0.15) is 0 Å². The Kier molecular flexibility index (Phi) is 3.44. The van der Waals surface area contributed by atoms with E-state index in [2.05, 4.69) is 10.4 Å². The van der Waals surface area contributed by atoms with Gasteiger partial charge in [0.25, 0.3) is 5.91 Å². The number of aromatic nitrogens is 2. The number of aryl methyl sites for hydroxylation is 1. The number of piperidine rings is 1. The van der Waals surface area contributed by atoms with Gasteiger partial charge in [0.05, 0.1) is 18.4 Å². The lowest BCUT2D eigenvalue weighted by Crippen LogP contribution is -2.52. The number of hydrogen-bond acceptors (Lipinski definition) is 4. The zero-order chi connectivity index (χ0) is 16.7. The van der Waals surface area contributed by atoms with Crippen LogP contribution in [0.15, 0.2) is 35.2 Å². The Morgan fingerprint density at radius 3 is 2.83 bits per heavy atom. The molecule has 4 heterocycles. The number of likely N-dealkylation sites (tertiary alicyclic amines) is 1. The molecular formula is C17H20N4O3. The molecule has 0 saturated carbocycles. The largest absolute Gasteiger partial charge is 0.459 e. The molecule has 2 saturated heterocycles. The van der Waals surface area contributed by atoms with Gasteiger partial charge in [-0.2, -0.15) is 5.10 Å². The molecule has 126 valence electrons. The molecule has 7 nitrogen and oxygen atoms in total. The molecule has 2 aromatic rings. The molecule has 0 radical (unpaired) electrons. The van der Waals surface area contributed by atoms with Crippen LogP contribution < -0.4 is 5.32 Å². The second-order valence-corrected chi connectivity index (χ2v) is 6.74. The van der Waals surface area contributed by atoms with Gasteiger partial charge in [-0.1, -0.05) is 0 Å². The molecule has 2 aliphatic rings. The smallest absolute Gasteiger partial charge is 0.289 e. The van der Waals surface area contributed by atoms with Crippen LogP contribution in [-0.4, -0.2) is 45.1 Å². The van der Waals surface area contributed by atoms with Gasteiger partial charge in [0, 0.05) is 37.4 Å². The molecule has 4 rings (SSSR count). The number of hydrogen-bond donors (Lipinski definition) is 1. The average molecular weight is 328 g/mol. The van der Waals surface area contributed by atoms with Crippen molar-refractivity contribution >= 4 is 11.8 Å². The van der Waals surface area contributed by atoms with Crippen LogP contribution in [-0.2, 0) is 11.8 Å². The van der Waals surface area contributed by atoms with Gasteiger partial charge in [-0.3, -0.25) is 14.3 Å². The van der Waals surface area contributed by atoms with Gasteiger partial charge >= 0.3 is 0 Å². The van der Waals surface area contributed by atoms with Gasteiger partial charge in [-0.15, -0.1) is 0 Å². The summed E-state index contributed by atoms with van der Waals surface area (Å²) in [6.07, 6.45) is 7.47. The number of nitrogens with one attached hydrogen (secondary N) is 1. The van der Waals surface area contributed by atoms with Gasteiger partial charge < -0.3 is 14.6 Å². The predicted molar refractivity (Wildman–Crippen MR) is 85.3 cm³/mol. The number of rotatable bonds is 2. The zero-order valence-electron chi connectivity index (χ0n) is 13.6. The Bertz CT molecular complexity index is 757. The summed E-state index contributed by atoms with van der Waals surface area (Å²) in [5.41, 5.74) is 0.748. The van der Waals surface area contributed by atoms with Crippen LogP contribution in [0.5, 0.6) is 0 Å². The molecule has 1 atom stereocenters. The van der Waals surface area contributed by atoms with E-state index in [0.717, 1.165) is 24.8 Å². The molecule has 2 fully saturated rings. The number of furan rings is 1. The highest BCUT2D eigenvalue weighted by molar-refractivity contribution is 5.91. The second kappa shape index (κ2) is 5.51. The summed E-state index contributed by atoms with van der Waals surface area (Å²) in [5, 5.41) is 7.35. The molecule has 1 unspecified atom stereocenters. The van der Waals surface area contributed by atoms with Gasteiger partial charge in [-0.05, 0) is 31.4 Å². The highest BCUT2D eigenvalue weighted by Gasteiger charge is 2.47. The standard InChI is InChI=1S/C17H20N4O3/c1-20-11-12(10-18-20)13-9-17(19-15(13)22)4-6-21(7-5-17)16(23)14-3-2-8-24-14/h2-3,8,10-11,13H,4-7,9H2,1H3,(H,19,22). The quantitative estimate of drug-likeness (QED) is 0.901. The van der Waals surface area contributed by atoms with E-state index in [9.17, 15) is 9.59 Å². The second-order valence-electron chi connectivity index (χ2n) is 6.74. The fourth-order valence-corrected chi connectivity index (χ4v) is 3.80. The lowest BCUT2D eigenvalue weighted by atomic mass is 9.82. The molecule has 2 amide bonds. The Labute approximate surface area is 139 Å². The monoisotopic (exact) mass is 328 g/mol. The highest BCUT2D eigenvalue weighted by Crippen LogP contribution is 2.39. The molecule has 0 aromatic carbocycles. The summed E-state index contributed by atoms with van der Waals surface area (Å²) >= 11 is 0. The highest BCUT2D eigenvalue weighted by atomic mass is 16.3. The summed E-state index contributed by atoms with van der Waals surface area (Å²) in [6, 6.07) is 3.40. The number of carbonyl (C=O) groups excluding carboxylic acids is 2. The van der Waals surface area contributed by atoms with Crippen molar-refractivity contribution in [2.45, 2.75) is 30.7 Å². The number of carbonyl (C=O) groups is 2. The first-order valence-electron chi connectivity index (χ1n) is 8.20. The third-order valence-electron chi connectivity index (χ3n) is 5.17. The van der Waals surface area contributed by atoms with E-state index < -0.39 is 0 Å². The van der Waals surface area contributed by atoms with E-state index in [1.54, 1.807) is 27.9 Å². The van der Waals surface area contributed by atoms with Gasteiger partial charge in [0.15, 0.2) is 5.76 Å². The minimum absolute atomic E-state index is 0.0637. The SMILES string of the molecule is Cn1cc(C2CC3(CCN(C(=O)c4ccco4)CC3)NC2=O)cn1. The Balaban J connectivity index is 1.44. The Morgan fingerprint density at radius 2 is 2.21 bits per heavy atom. The lowest BCUT2D eigenvalue weighted by molar-refractivity contribution is -0.121. The minimum atomic E-state index is -0.211. The van der Waals surface area contributed by atoms with Crippen molar-refractivity contribution in [3.63, 3.8) is 0 Å². The fraction of sp³-hybridized carbons (Fsp3) is 0.471. The molecular weight excluding hydrogens is 308 g/mol. The topological polar surface area (TPSA) is 80.4 Å². The summed E-state index contributed by atoms with van der Waals surface area (Å²) in [4.78, 5) is 26.6. The van der Waals surface area contributed by atoms with Crippen LogP contribution in [0.2, 0.25) is 0 Å². The van der Waals surface area contributed by atoms with E-state index in [1.165, 1.54) is 6.26 Å². The lowest BCUT2D eigenvalue weighted by Gasteiger charge is -2.39. The van der Waals surface area contributed by atoms with Crippen LogP contribution in [0.25, 0.3) is 0 Å². The van der Waals surface area contributed by atoms with Crippen molar-refractivity contribution in [1.29, 1.82) is 0 Å². The molecule has 1 N–H and O–H groups in total. The summed E-state index contributed by atoms with van der Waals surface area (Å²) in [5.74, 6) is 0.206. The van der Waals surface area contributed by atoms with Gasteiger partial charge in [0.2, 0.25) is 5.91 Å². The van der Waals surface area contributed by atoms with Crippen LogP contribution in [0.4, 0.5) is 0 Å². The van der Waals surface area contributed by atoms with E-state index in [0.29, 0.717) is 18.8 Å². The molecule has 2 aliphatic heterocycles. The third kappa shape index (κ3) is 2.50. The maximum Gasteiger partial charge on any atom is 0.289 e. The molecule has 0 bridgehead atoms. The maximum absolute atomic E-state index is 12.4. The molecule has 0 aliphatic carbocycles. The summed E-state index contributed by atoms with van der Waals surface area (Å²) in [7, 11) is 1.85. The maximum atomic E-state index is 12.4. The molecule has 24 heavy (non-hydrogen) atoms. The third-order valence-corrected chi connectivity index (χ3v) is 5.17. The first-order chi connectivity index (χ1) is 11.6. The van der Waals surface area contributed by atoms with E-state index >= 15 is 0 Å². The number of nitrogens with zero attached hydrogens (tertiary/aromatic N) is 3. The molecule has 7 heteroatoms.